The lowest BCUT2D eigenvalue weighted by Crippen LogP contribution is -2.50. The highest BCUT2D eigenvalue weighted by atomic mass is 16.4. The number of carbonyl (C=O) groups excluding carboxylic acids is 1. The lowest BCUT2D eigenvalue weighted by atomic mass is 9.99. The van der Waals surface area contributed by atoms with Crippen LogP contribution in [0.3, 0.4) is 0 Å². The molecular formula is C19H27N3O3. The highest BCUT2D eigenvalue weighted by Gasteiger charge is 2.33. The summed E-state index contributed by atoms with van der Waals surface area (Å²) in [6.07, 6.45) is 2.34. The molecule has 0 aromatic heterocycles. The number of amides is 2. The number of hydrogen-bond donors (Lipinski definition) is 2. The second kappa shape index (κ2) is 7.87. The number of likely N-dealkylation sites (tertiary alicyclic amines) is 2. The average Bonchev–Trinajstić information content (AvgIpc) is 2.95. The molecule has 2 fully saturated rings. The molecule has 3 atom stereocenters. The van der Waals surface area contributed by atoms with E-state index in [1.807, 2.05) is 18.2 Å². The highest BCUT2D eigenvalue weighted by Crippen LogP contribution is 2.21. The van der Waals surface area contributed by atoms with Gasteiger partial charge in [-0.3, -0.25) is 9.69 Å². The van der Waals surface area contributed by atoms with E-state index in [0.717, 1.165) is 25.9 Å². The Kier molecular flexibility index (Phi) is 5.58. The van der Waals surface area contributed by atoms with E-state index >= 15 is 0 Å². The van der Waals surface area contributed by atoms with Crippen molar-refractivity contribution in [3.63, 3.8) is 0 Å². The van der Waals surface area contributed by atoms with Gasteiger partial charge in [-0.25, -0.2) is 4.79 Å². The summed E-state index contributed by atoms with van der Waals surface area (Å²) in [4.78, 5) is 27.7. The number of aliphatic carboxylic acids is 1. The second-order valence-corrected chi connectivity index (χ2v) is 7.27. The Morgan fingerprint density at radius 3 is 2.72 bits per heavy atom. The third-order valence-corrected chi connectivity index (χ3v) is 5.32. The van der Waals surface area contributed by atoms with Gasteiger partial charge in [-0.05, 0) is 31.7 Å². The number of carbonyl (C=O) groups is 2. The minimum Gasteiger partial charge on any atom is -0.481 e. The van der Waals surface area contributed by atoms with Crippen LogP contribution in [-0.2, 0) is 11.3 Å². The molecule has 6 heteroatoms. The fraction of sp³-hybridized carbons (Fsp3) is 0.579. The third kappa shape index (κ3) is 4.51. The van der Waals surface area contributed by atoms with Gasteiger partial charge in [0.2, 0.25) is 0 Å². The highest BCUT2D eigenvalue weighted by molar-refractivity contribution is 5.76. The molecule has 2 aliphatic heterocycles. The Labute approximate surface area is 148 Å². The summed E-state index contributed by atoms with van der Waals surface area (Å²) in [6.45, 7) is 4.87. The molecule has 0 bridgehead atoms. The molecular weight excluding hydrogens is 318 g/mol. The molecule has 6 nitrogen and oxygen atoms in total. The fourth-order valence-corrected chi connectivity index (χ4v) is 3.87. The number of nitrogens with zero attached hydrogens (tertiary/aromatic N) is 2. The Morgan fingerprint density at radius 1 is 1.24 bits per heavy atom. The predicted molar refractivity (Wildman–Crippen MR) is 95.2 cm³/mol. The maximum absolute atomic E-state index is 12.5. The van der Waals surface area contributed by atoms with Gasteiger partial charge in [-0.2, -0.15) is 0 Å². The van der Waals surface area contributed by atoms with Crippen molar-refractivity contribution in [2.24, 2.45) is 5.92 Å². The van der Waals surface area contributed by atoms with Gasteiger partial charge in [0, 0.05) is 38.3 Å². The number of urea groups is 1. The number of carboxylic acids is 1. The van der Waals surface area contributed by atoms with Gasteiger partial charge in [0.15, 0.2) is 0 Å². The van der Waals surface area contributed by atoms with Crippen molar-refractivity contribution in [1.82, 2.24) is 15.1 Å². The summed E-state index contributed by atoms with van der Waals surface area (Å²) in [5.74, 6) is -1.24. The Bertz CT molecular complexity index is 607. The van der Waals surface area contributed by atoms with Gasteiger partial charge in [-0.15, -0.1) is 0 Å². The van der Waals surface area contributed by atoms with Crippen LogP contribution < -0.4 is 5.32 Å². The van der Waals surface area contributed by atoms with Crippen LogP contribution >= 0.6 is 0 Å². The number of piperidine rings is 1. The van der Waals surface area contributed by atoms with Gasteiger partial charge < -0.3 is 15.3 Å². The second-order valence-electron chi connectivity index (χ2n) is 7.27. The molecule has 2 amide bonds. The maximum atomic E-state index is 12.5. The molecule has 2 aliphatic rings. The third-order valence-electron chi connectivity index (χ3n) is 5.32. The van der Waals surface area contributed by atoms with Crippen molar-refractivity contribution in [2.45, 2.75) is 44.8 Å². The van der Waals surface area contributed by atoms with Crippen LogP contribution in [0.2, 0.25) is 0 Å². The molecule has 0 saturated carbocycles. The van der Waals surface area contributed by atoms with Gasteiger partial charge in [0.25, 0.3) is 0 Å². The zero-order valence-corrected chi connectivity index (χ0v) is 14.7. The monoisotopic (exact) mass is 345 g/mol. The van der Waals surface area contributed by atoms with E-state index < -0.39 is 11.9 Å². The molecule has 3 unspecified atom stereocenters. The van der Waals surface area contributed by atoms with Gasteiger partial charge in [-0.1, -0.05) is 30.3 Å². The molecule has 2 heterocycles. The Morgan fingerprint density at radius 2 is 2.00 bits per heavy atom. The summed E-state index contributed by atoms with van der Waals surface area (Å²) in [5, 5.41) is 12.3. The summed E-state index contributed by atoms with van der Waals surface area (Å²) >= 11 is 0. The molecule has 1 aromatic carbocycles. The largest absolute Gasteiger partial charge is 0.481 e. The quantitative estimate of drug-likeness (QED) is 0.877. The first-order chi connectivity index (χ1) is 12.0. The maximum Gasteiger partial charge on any atom is 0.317 e. The van der Waals surface area contributed by atoms with Crippen molar-refractivity contribution in [2.75, 3.05) is 19.6 Å². The topological polar surface area (TPSA) is 72.9 Å². The smallest absolute Gasteiger partial charge is 0.317 e. The van der Waals surface area contributed by atoms with Crippen molar-refractivity contribution in [3.8, 4) is 0 Å². The van der Waals surface area contributed by atoms with Crippen molar-refractivity contribution in [1.29, 1.82) is 0 Å². The van der Waals surface area contributed by atoms with Crippen molar-refractivity contribution >= 4 is 12.0 Å². The average molecular weight is 345 g/mol. The van der Waals surface area contributed by atoms with Crippen LogP contribution in [0.4, 0.5) is 4.79 Å². The van der Waals surface area contributed by atoms with E-state index in [1.54, 1.807) is 4.90 Å². The van der Waals surface area contributed by atoms with Crippen LogP contribution in [-0.4, -0.2) is 58.6 Å². The van der Waals surface area contributed by atoms with E-state index in [9.17, 15) is 9.59 Å². The van der Waals surface area contributed by atoms with E-state index in [-0.39, 0.29) is 12.1 Å². The van der Waals surface area contributed by atoms with E-state index in [0.29, 0.717) is 25.6 Å². The Hall–Kier alpha value is -2.08. The van der Waals surface area contributed by atoms with Gasteiger partial charge in [0.05, 0.1) is 5.92 Å². The lowest BCUT2D eigenvalue weighted by Gasteiger charge is -2.31. The van der Waals surface area contributed by atoms with Crippen molar-refractivity contribution < 1.29 is 14.7 Å². The van der Waals surface area contributed by atoms with E-state index in [4.69, 9.17) is 5.11 Å². The van der Waals surface area contributed by atoms with Crippen LogP contribution in [0.15, 0.2) is 30.3 Å². The number of carboxylic acid groups (broad SMARTS) is 1. The van der Waals surface area contributed by atoms with Gasteiger partial charge in [0.1, 0.15) is 0 Å². The molecule has 1 aromatic rings. The summed E-state index contributed by atoms with van der Waals surface area (Å²) < 4.78 is 0. The van der Waals surface area contributed by atoms with Gasteiger partial charge >= 0.3 is 12.0 Å². The standard InChI is InChI=1S/C19H27N3O3/c1-14-10-17(13-22(14)11-15-6-3-2-4-7-15)20-19(25)21-9-5-8-16(12-21)18(23)24/h2-4,6-7,14,16-17H,5,8-13H2,1H3,(H,20,25)(H,23,24). The molecule has 0 radical (unpaired) electrons. The fourth-order valence-electron chi connectivity index (χ4n) is 3.87. The molecule has 0 aliphatic carbocycles. The minimum absolute atomic E-state index is 0.121. The van der Waals surface area contributed by atoms with Crippen LogP contribution in [0.25, 0.3) is 0 Å². The molecule has 136 valence electrons. The summed E-state index contributed by atoms with van der Waals surface area (Å²) in [5.41, 5.74) is 1.28. The summed E-state index contributed by atoms with van der Waals surface area (Å²) in [7, 11) is 0. The normalized spacial score (nSPS) is 27.2. The molecule has 0 spiro atoms. The zero-order chi connectivity index (χ0) is 17.8. The molecule has 25 heavy (non-hydrogen) atoms. The Balaban J connectivity index is 1.51. The first kappa shape index (κ1) is 17.7. The zero-order valence-electron chi connectivity index (χ0n) is 14.7. The lowest BCUT2D eigenvalue weighted by molar-refractivity contribution is -0.143. The predicted octanol–water partition coefficient (Wildman–Crippen LogP) is 2.16. The van der Waals surface area contributed by atoms with E-state index in [1.165, 1.54) is 5.56 Å². The summed E-state index contributed by atoms with van der Waals surface area (Å²) in [6, 6.07) is 10.8. The van der Waals surface area contributed by atoms with Crippen molar-refractivity contribution in [3.05, 3.63) is 35.9 Å². The SMILES string of the molecule is CC1CC(NC(=O)N2CCCC(C(=O)O)C2)CN1Cc1ccccc1. The van der Waals surface area contributed by atoms with Crippen LogP contribution in [0, 0.1) is 5.92 Å². The number of benzene rings is 1. The van der Waals surface area contributed by atoms with Crippen LogP contribution in [0.5, 0.6) is 0 Å². The van der Waals surface area contributed by atoms with E-state index in [2.05, 4.69) is 29.3 Å². The number of nitrogens with one attached hydrogen (secondary N) is 1. The van der Waals surface area contributed by atoms with Crippen LogP contribution in [0.1, 0.15) is 31.7 Å². The first-order valence-electron chi connectivity index (χ1n) is 9.09. The number of hydrogen-bond acceptors (Lipinski definition) is 3. The number of rotatable bonds is 4. The minimum atomic E-state index is -0.805. The molecule has 2 N–H and O–H groups in total. The first-order valence-corrected chi connectivity index (χ1v) is 9.09. The molecule has 3 rings (SSSR count). The molecule has 2 saturated heterocycles.